The number of anilines is 1. The Morgan fingerprint density at radius 1 is 1.46 bits per heavy atom. The number of rotatable bonds is 5. The van der Waals surface area contributed by atoms with E-state index in [0.717, 1.165) is 17.8 Å². The smallest absolute Gasteiger partial charge is 0.146 e. The molecule has 0 bridgehead atoms. The first-order valence-corrected chi connectivity index (χ1v) is 4.64. The summed E-state index contributed by atoms with van der Waals surface area (Å²) in [5, 5.41) is 0. The Morgan fingerprint density at radius 3 is 3.00 bits per heavy atom. The van der Waals surface area contributed by atoms with E-state index in [9.17, 15) is 0 Å². The van der Waals surface area contributed by atoms with Crippen LogP contribution in [0.2, 0.25) is 0 Å². The van der Waals surface area contributed by atoms with Gasteiger partial charge in [-0.15, -0.1) is 0 Å². The van der Waals surface area contributed by atoms with Crippen molar-refractivity contribution in [2.75, 3.05) is 5.43 Å². The van der Waals surface area contributed by atoms with E-state index in [2.05, 4.69) is 22.3 Å². The van der Waals surface area contributed by atoms with Gasteiger partial charge in [-0.25, -0.2) is 15.8 Å². The van der Waals surface area contributed by atoms with Crippen LogP contribution in [-0.4, -0.2) is 9.97 Å². The van der Waals surface area contributed by atoms with E-state index in [-0.39, 0.29) is 0 Å². The van der Waals surface area contributed by atoms with Crippen molar-refractivity contribution in [3.05, 3.63) is 18.1 Å². The summed E-state index contributed by atoms with van der Waals surface area (Å²) < 4.78 is 0. The van der Waals surface area contributed by atoms with E-state index in [1.54, 1.807) is 0 Å². The Hall–Kier alpha value is -1.16. The SMILES string of the molecule is CCCCCc1cncnc1NN. The topological polar surface area (TPSA) is 63.8 Å². The molecule has 0 spiro atoms. The van der Waals surface area contributed by atoms with Gasteiger partial charge < -0.3 is 5.43 Å². The fourth-order valence-corrected chi connectivity index (χ4v) is 1.24. The maximum atomic E-state index is 5.31. The minimum Gasteiger partial charge on any atom is -0.308 e. The van der Waals surface area contributed by atoms with Crippen LogP contribution in [-0.2, 0) is 6.42 Å². The van der Waals surface area contributed by atoms with E-state index < -0.39 is 0 Å². The Kier molecular flexibility index (Phi) is 4.18. The molecule has 0 aliphatic heterocycles. The predicted molar refractivity (Wildman–Crippen MR) is 53.1 cm³/mol. The summed E-state index contributed by atoms with van der Waals surface area (Å²) >= 11 is 0. The van der Waals surface area contributed by atoms with Crippen molar-refractivity contribution >= 4 is 5.82 Å². The van der Waals surface area contributed by atoms with Crippen LogP contribution >= 0.6 is 0 Å². The van der Waals surface area contributed by atoms with Crippen molar-refractivity contribution in [3.8, 4) is 0 Å². The van der Waals surface area contributed by atoms with Crippen LogP contribution in [0.25, 0.3) is 0 Å². The molecular weight excluding hydrogens is 164 g/mol. The van der Waals surface area contributed by atoms with Crippen molar-refractivity contribution in [2.45, 2.75) is 32.6 Å². The maximum absolute atomic E-state index is 5.31. The van der Waals surface area contributed by atoms with Gasteiger partial charge >= 0.3 is 0 Å². The molecule has 0 fully saturated rings. The second-order valence-corrected chi connectivity index (χ2v) is 3.00. The lowest BCUT2D eigenvalue weighted by Gasteiger charge is -2.05. The van der Waals surface area contributed by atoms with E-state index in [1.165, 1.54) is 25.6 Å². The van der Waals surface area contributed by atoms with Gasteiger partial charge in [0.05, 0.1) is 0 Å². The molecule has 0 amide bonds. The van der Waals surface area contributed by atoms with Crippen LogP contribution in [0.1, 0.15) is 31.7 Å². The highest BCUT2D eigenvalue weighted by Crippen LogP contribution is 2.12. The number of nitrogens with one attached hydrogen (secondary N) is 1. The van der Waals surface area contributed by atoms with Gasteiger partial charge in [-0.05, 0) is 12.8 Å². The van der Waals surface area contributed by atoms with Gasteiger partial charge in [0, 0.05) is 11.8 Å². The summed E-state index contributed by atoms with van der Waals surface area (Å²) in [7, 11) is 0. The number of unbranched alkanes of at least 4 members (excludes halogenated alkanes) is 2. The number of nitrogens with zero attached hydrogens (tertiary/aromatic N) is 2. The summed E-state index contributed by atoms with van der Waals surface area (Å²) in [4.78, 5) is 7.99. The van der Waals surface area contributed by atoms with Gasteiger partial charge in [-0.1, -0.05) is 19.8 Å². The number of hydrogen-bond donors (Lipinski definition) is 2. The van der Waals surface area contributed by atoms with Crippen molar-refractivity contribution in [2.24, 2.45) is 5.84 Å². The van der Waals surface area contributed by atoms with Crippen LogP contribution in [0.4, 0.5) is 5.82 Å². The third-order valence-corrected chi connectivity index (χ3v) is 1.97. The van der Waals surface area contributed by atoms with E-state index in [4.69, 9.17) is 5.84 Å². The Balaban J connectivity index is 2.54. The molecule has 13 heavy (non-hydrogen) atoms. The van der Waals surface area contributed by atoms with E-state index >= 15 is 0 Å². The number of nitrogen functional groups attached to an aromatic ring is 1. The Morgan fingerprint density at radius 2 is 2.31 bits per heavy atom. The number of hydrogen-bond acceptors (Lipinski definition) is 4. The quantitative estimate of drug-likeness (QED) is 0.409. The van der Waals surface area contributed by atoms with Crippen LogP contribution in [0.15, 0.2) is 12.5 Å². The van der Waals surface area contributed by atoms with Gasteiger partial charge in [0.15, 0.2) is 0 Å². The first-order chi connectivity index (χ1) is 6.38. The number of aryl methyl sites for hydroxylation is 1. The van der Waals surface area contributed by atoms with Crippen LogP contribution in [0.3, 0.4) is 0 Å². The fourth-order valence-electron chi connectivity index (χ4n) is 1.24. The van der Waals surface area contributed by atoms with Gasteiger partial charge in [0.2, 0.25) is 0 Å². The Bertz CT molecular complexity index is 249. The summed E-state index contributed by atoms with van der Waals surface area (Å²) in [5.74, 6) is 6.06. The monoisotopic (exact) mass is 180 g/mol. The second-order valence-electron chi connectivity index (χ2n) is 3.00. The van der Waals surface area contributed by atoms with Crippen LogP contribution in [0, 0.1) is 0 Å². The van der Waals surface area contributed by atoms with Crippen molar-refractivity contribution in [1.82, 2.24) is 9.97 Å². The Labute approximate surface area is 78.6 Å². The predicted octanol–water partition coefficient (Wildman–Crippen LogP) is 1.49. The minimum atomic E-state index is 0.742. The average molecular weight is 180 g/mol. The summed E-state index contributed by atoms with van der Waals surface area (Å²) in [6, 6.07) is 0. The molecule has 0 atom stereocenters. The molecule has 72 valence electrons. The molecule has 4 heteroatoms. The van der Waals surface area contributed by atoms with Crippen molar-refractivity contribution in [3.63, 3.8) is 0 Å². The molecule has 0 saturated heterocycles. The fraction of sp³-hybridized carbons (Fsp3) is 0.556. The zero-order valence-corrected chi connectivity index (χ0v) is 7.95. The van der Waals surface area contributed by atoms with Gasteiger partial charge in [0.25, 0.3) is 0 Å². The molecule has 0 unspecified atom stereocenters. The summed E-state index contributed by atoms with van der Waals surface area (Å²) in [5.41, 5.74) is 3.67. The highest BCUT2D eigenvalue weighted by molar-refractivity contribution is 5.40. The normalized spacial score (nSPS) is 10.0. The third-order valence-electron chi connectivity index (χ3n) is 1.97. The number of aromatic nitrogens is 2. The molecule has 0 radical (unpaired) electrons. The highest BCUT2D eigenvalue weighted by atomic mass is 15.3. The average Bonchev–Trinajstić information content (AvgIpc) is 2.19. The first-order valence-electron chi connectivity index (χ1n) is 4.64. The molecule has 0 saturated carbocycles. The largest absolute Gasteiger partial charge is 0.308 e. The van der Waals surface area contributed by atoms with E-state index in [0.29, 0.717) is 0 Å². The lowest BCUT2D eigenvalue weighted by atomic mass is 10.1. The molecule has 3 N–H and O–H groups in total. The van der Waals surface area contributed by atoms with Crippen molar-refractivity contribution < 1.29 is 0 Å². The third kappa shape index (κ3) is 2.99. The zero-order chi connectivity index (χ0) is 9.52. The van der Waals surface area contributed by atoms with Gasteiger partial charge in [-0.2, -0.15) is 0 Å². The molecule has 1 heterocycles. The maximum Gasteiger partial charge on any atom is 0.146 e. The molecular formula is C9H16N4. The van der Waals surface area contributed by atoms with Gasteiger partial charge in [0.1, 0.15) is 12.1 Å². The molecule has 1 aromatic rings. The number of nitrogens with two attached hydrogens (primary N) is 1. The molecule has 0 aromatic carbocycles. The van der Waals surface area contributed by atoms with Crippen molar-refractivity contribution in [1.29, 1.82) is 0 Å². The number of hydrazine groups is 1. The molecule has 0 aliphatic carbocycles. The van der Waals surface area contributed by atoms with Crippen LogP contribution < -0.4 is 11.3 Å². The molecule has 1 aromatic heterocycles. The minimum absolute atomic E-state index is 0.742. The summed E-state index contributed by atoms with van der Waals surface area (Å²) in [6.45, 7) is 2.18. The van der Waals surface area contributed by atoms with E-state index in [1.807, 2.05) is 6.20 Å². The van der Waals surface area contributed by atoms with Gasteiger partial charge in [-0.3, -0.25) is 0 Å². The zero-order valence-electron chi connectivity index (χ0n) is 7.95. The summed E-state index contributed by atoms with van der Waals surface area (Å²) in [6.07, 6.45) is 7.93. The molecule has 0 aliphatic rings. The molecule has 4 nitrogen and oxygen atoms in total. The second kappa shape index (κ2) is 5.48. The lowest BCUT2D eigenvalue weighted by molar-refractivity contribution is 0.714. The van der Waals surface area contributed by atoms with Crippen LogP contribution in [0.5, 0.6) is 0 Å². The first kappa shape index (κ1) is 9.92. The lowest BCUT2D eigenvalue weighted by Crippen LogP contribution is -2.11. The molecule has 1 rings (SSSR count). The standard InChI is InChI=1S/C9H16N4/c1-2-3-4-5-8-6-11-7-12-9(8)13-10/h6-7H,2-5,10H2,1H3,(H,11,12,13). The highest BCUT2D eigenvalue weighted by Gasteiger charge is 2.00.